The Hall–Kier alpha value is -1.08. The Balaban J connectivity index is 2.87. The summed E-state index contributed by atoms with van der Waals surface area (Å²) in [6, 6.07) is 0. The summed E-state index contributed by atoms with van der Waals surface area (Å²) in [5.41, 5.74) is -2.40. The number of thioether (sulfide) groups is 1. The molecule has 0 radical (unpaired) electrons. The lowest BCUT2D eigenvalue weighted by atomic mass is 9.95. The summed E-state index contributed by atoms with van der Waals surface area (Å²) in [7, 11) is 1.60. The first-order valence-corrected chi connectivity index (χ1v) is 6.25. The molecule has 1 atom stereocenters. The van der Waals surface area contributed by atoms with Crippen molar-refractivity contribution in [3.05, 3.63) is 20.7 Å². The standard InChI is InChI=1S/C10H17N3O3S/c1-6(2)10(3,16)5-17-9-11-7(14)8(15)12-13(9)4/h6,16H,5H2,1-4H3,(H,12,15). The van der Waals surface area contributed by atoms with Gasteiger partial charge in [0.05, 0.1) is 5.60 Å². The van der Waals surface area contributed by atoms with Crippen LogP contribution in [0.25, 0.3) is 0 Å². The zero-order valence-corrected chi connectivity index (χ0v) is 11.2. The van der Waals surface area contributed by atoms with Crippen LogP contribution in [-0.4, -0.2) is 31.2 Å². The van der Waals surface area contributed by atoms with Crippen LogP contribution >= 0.6 is 11.8 Å². The third kappa shape index (κ3) is 3.44. The average molecular weight is 259 g/mol. The van der Waals surface area contributed by atoms with E-state index in [2.05, 4.69) is 10.1 Å². The van der Waals surface area contributed by atoms with Crippen molar-refractivity contribution in [2.24, 2.45) is 13.0 Å². The highest BCUT2D eigenvalue weighted by molar-refractivity contribution is 7.99. The van der Waals surface area contributed by atoms with E-state index in [1.807, 2.05) is 13.8 Å². The minimum absolute atomic E-state index is 0.0924. The Bertz CT molecular complexity index is 504. The number of aromatic nitrogens is 3. The predicted molar refractivity (Wildman–Crippen MR) is 66.3 cm³/mol. The van der Waals surface area contributed by atoms with E-state index < -0.39 is 16.7 Å². The highest BCUT2D eigenvalue weighted by Crippen LogP contribution is 2.24. The molecule has 1 aromatic heterocycles. The van der Waals surface area contributed by atoms with Gasteiger partial charge in [-0.25, -0.2) is 0 Å². The Morgan fingerprint density at radius 3 is 2.65 bits per heavy atom. The van der Waals surface area contributed by atoms with Gasteiger partial charge in [0.2, 0.25) is 0 Å². The molecule has 0 aliphatic carbocycles. The lowest BCUT2D eigenvalue weighted by Gasteiger charge is -2.26. The van der Waals surface area contributed by atoms with Gasteiger partial charge < -0.3 is 5.11 Å². The average Bonchev–Trinajstić information content (AvgIpc) is 2.21. The SMILES string of the molecule is CC(C)C(C)(O)CSc1nc(=O)c(=O)[nH]n1C. The van der Waals surface area contributed by atoms with E-state index in [1.165, 1.54) is 16.4 Å². The summed E-state index contributed by atoms with van der Waals surface area (Å²) < 4.78 is 1.38. The number of nitrogens with one attached hydrogen (secondary N) is 1. The van der Waals surface area contributed by atoms with Gasteiger partial charge in [0.25, 0.3) is 0 Å². The second-order valence-electron chi connectivity index (χ2n) is 4.50. The monoisotopic (exact) mass is 259 g/mol. The van der Waals surface area contributed by atoms with Gasteiger partial charge in [-0.2, -0.15) is 4.98 Å². The number of aliphatic hydroxyl groups is 1. The minimum atomic E-state index is -0.849. The quantitative estimate of drug-likeness (QED) is 0.585. The Morgan fingerprint density at radius 2 is 2.12 bits per heavy atom. The number of aromatic amines is 1. The van der Waals surface area contributed by atoms with Crippen molar-refractivity contribution < 1.29 is 5.11 Å². The van der Waals surface area contributed by atoms with Crippen molar-refractivity contribution in [2.45, 2.75) is 31.5 Å². The highest BCUT2D eigenvalue weighted by atomic mass is 32.2. The molecule has 1 rings (SSSR count). The van der Waals surface area contributed by atoms with Crippen molar-refractivity contribution in [1.82, 2.24) is 14.8 Å². The van der Waals surface area contributed by atoms with Crippen molar-refractivity contribution in [3.63, 3.8) is 0 Å². The summed E-state index contributed by atoms with van der Waals surface area (Å²) in [6.07, 6.45) is 0. The molecule has 0 aliphatic rings. The molecular formula is C10H17N3O3S. The van der Waals surface area contributed by atoms with E-state index in [-0.39, 0.29) is 5.92 Å². The van der Waals surface area contributed by atoms with Crippen molar-refractivity contribution in [2.75, 3.05) is 5.75 Å². The largest absolute Gasteiger partial charge is 0.389 e. The Labute approximate surface area is 103 Å². The maximum Gasteiger partial charge on any atom is 0.339 e. The van der Waals surface area contributed by atoms with E-state index in [1.54, 1.807) is 14.0 Å². The lowest BCUT2D eigenvalue weighted by Crippen LogP contribution is -2.36. The number of H-pyrrole nitrogens is 1. The van der Waals surface area contributed by atoms with E-state index in [0.29, 0.717) is 10.9 Å². The van der Waals surface area contributed by atoms with E-state index >= 15 is 0 Å². The summed E-state index contributed by atoms with van der Waals surface area (Å²) in [4.78, 5) is 25.7. The van der Waals surface area contributed by atoms with Gasteiger partial charge in [-0.1, -0.05) is 25.6 Å². The third-order valence-corrected chi connectivity index (χ3v) is 4.04. The maximum absolute atomic E-state index is 11.1. The molecule has 1 unspecified atom stereocenters. The topological polar surface area (TPSA) is 88.0 Å². The summed E-state index contributed by atoms with van der Waals surface area (Å²) >= 11 is 1.24. The second-order valence-corrected chi connectivity index (χ2v) is 5.44. The van der Waals surface area contributed by atoms with Gasteiger partial charge in [-0.15, -0.1) is 0 Å². The number of aryl methyl sites for hydroxylation is 1. The van der Waals surface area contributed by atoms with Crippen LogP contribution in [0.5, 0.6) is 0 Å². The molecule has 0 bridgehead atoms. The van der Waals surface area contributed by atoms with Crippen LogP contribution in [0, 0.1) is 5.92 Å². The number of rotatable bonds is 4. The second kappa shape index (κ2) is 5.05. The zero-order valence-electron chi connectivity index (χ0n) is 10.4. The van der Waals surface area contributed by atoms with E-state index in [4.69, 9.17) is 0 Å². The summed E-state index contributed by atoms with van der Waals surface area (Å²) in [5.74, 6) is 0.492. The first kappa shape index (κ1) is 14.0. The van der Waals surface area contributed by atoms with Gasteiger partial charge in [0, 0.05) is 12.8 Å². The minimum Gasteiger partial charge on any atom is -0.389 e. The predicted octanol–water partition coefficient (Wildman–Crippen LogP) is -0.0323. The number of hydrogen-bond donors (Lipinski definition) is 2. The van der Waals surface area contributed by atoms with Gasteiger partial charge >= 0.3 is 11.1 Å². The van der Waals surface area contributed by atoms with Crippen LogP contribution in [0.2, 0.25) is 0 Å². The molecule has 96 valence electrons. The molecule has 2 N–H and O–H groups in total. The molecular weight excluding hydrogens is 242 g/mol. The fourth-order valence-corrected chi connectivity index (χ4v) is 2.11. The first-order chi connectivity index (χ1) is 7.74. The third-order valence-electron chi connectivity index (χ3n) is 2.68. The van der Waals surface area contributed by atoms with E-state index in [0.717, 1.165) is 0 Å². The molecule has 0 aliphatic heterocycles. The van der Waals surface area contributed by atoms with E-state index in [9.17, 15) is 14.7 Å². The molecule has 6 nitrogen and oxygen atoms in total. The van der Waals surface area contributed by atoms with Crippen LogP contribution in [0.15, 0.2) is 14.7 Å². The molecule has 0 saturated heterocycles. The fraction of sp³-hybridized carbons (Fsp3) is 0.700. The number of hydrogen-bond acceptors (Lipinski definition) is 5. The van der Waals surface area contributed by atoms with Crippen molar-refractivity contribution in [3.8, 4) is 0 Å². The van der Waals surface area contributed by atoms with Gasteiger partial charge in [0.15, 0.2) is 5.16 Å². The van der Waals surface area contributed by atoms with Gasteiger partial charge in [-0.3, -0.25) is 19.4 Å². The normalized spacial score (nSPS) is 14.9. The number of nitrogens with zero attached hydrogens (tertiary/aromatic N) is 2. The molecule has 0 aromatic carbocycles. The van der Waals surface area contributed by atoms with Crippen molar-refractivity contribution >= 4 is 11.8 Å². The molecule has 1 aromatic rings. The lowest BCUT2D eigenvalue weighted by molar-refractivity contribution is 0.0375. The van der Waals surface area contributed by atoms with Crippen LogP contribution in [0.4, 0.5) is 0 Å². The fourth-order valence-electron chi connectivity index (χ4n) is 0.967. The van der Waals surface area contributed by atoms with Crippen LogP contribution in [0.1, 0.15) is 20.8 Å². The summed E-state index contributed by atoms with van der Waals surface area (Å²) in [5, 5.41) is 12.8. The highest BCUT2D eigenvalue weighted by Gasteiger charge is 2.25. The van der Waals surface area contributed by atoms with Gasteiger partial charge in [0.1, 0.15) is 0 Å². The van der Waals surface area contributed by atoms with Crippen LogP contribution in [-0.2, 0) is 7.05 Å². The molecule has 0 amide bonds. The first-order valence-electron chi connectivity index (χ1n) is 5.26. The molecule has 0 spiro atoms. The molecule has 1 heterocycles. The Morgan fingerprint density at radius 1 is 1.53 bits per heavy atom. The zero-order chi connectivity index (χ0) is 13.2. The molecule has 7 heteroatoms. The molecule has 17 heavy (non-hydrogen) atoms. The smallest absolute Gasteiger partial charge is 0.339 e. The maximum atomic E-state index is 11.1. The van der Waals surface area contributed by atoms with Crippen LogP contribution in [0.3, 0.4) is 0 Å². The molecule has 0 fully saturated rings. The van der Waals surface area contributed by atoms with Crippen LogP contribution < -0.4 is 11.1 Å². The van der Waals surface area contributed by atoms with Gasteiger partial charge in [-0.05, 0) is 12.8 Å². The summed E-state index contributed by atoms with van der Waals surface area (Å²) in [6.45, 7) is 5.56. The van der Waals surface area contributed by atoms with Crippen molar-refractivity contribution in [1.29, 1.82) is 0 Å². The Kier molecular flexibility index (Phi) is 4.16. The molecule has 0 saturated carbocycles.